The molecule has 0 bridgehead atoms. The zero-order valence-electron chi connectivity index (χ0n) is 18.7. The first kappa shape index (κ1) is 30.1. The fourth-order valence-corrected chi connectivity index (χ4v) is 4.51. The van der Waals surface area contributed by atoms with Crippen molar-refractivity contribution in [2.24, 2.45) is 5.92 Å². The predicted octanol–water partition coefficient (Wildman–Crippen LogP) is 3.26. The van der Waals surface area contributed by atoms with E-state index in [1.54, 1.807) is 11.3 Å². The molecule has 34 heavy (non-hydrogen) atoms. The number of thiazole rings is 1. The highest BCUT2D eigenvalue weighted by Crippen LogP contribution is 2.33. The normalized spacial score (nSPS) is 23.3. The largest absolute Gasteiger partial charge is 0.490 e. The average Bonchev–Trinajstić information content (AvgIpc) is 3.34. The van der Waals surface area contributed by atoms with Gasteiger partial charge in [0.05, 0.1) is 12.6 Å². The van der Waals surface area contributed by atoms with Crippen LogP contribution < -0.4 is 0 Å². The highest BCUT2D eigenvalue weighted by molar-refractivity contribution is 7.09. The van der Waals surface area contributed by atoms with Crippen molar-refractivity contribution in [1.82, 2.24) is 14.8 Å². The van der Waals surface area contributed by atoms with Gasteiger partial charge in [-0.2, -0.15) is 26.3 Å². The van der Waals surface area contributed by atoms with Gasteiger partial charge < -0.3 is 19.8 Å². The molecular formula is C19H27F6N3O5S. The smallest absolute Gasteiger partial charge is 0.475 e. The predicted molar refractivity (Wildman–Crippen MR) is 109 cm³/mol. The molecule has 0 unspecified atom stereocenters. The Morgan fingerprint density at radius 2 is 1.68 bits per heavy atom. The molecule has 0 amide bonds. The molecule has 15 heteroatoms. The Hall–Kier alpha value is -1.97. The number of carboxylic acid groups (broad SMARTS) is 2. The summed E-state index contributed by atoms with van der Waals surface area (Å²) in [6.45, 7) is 10.00. The van der Waals surface area contributed by atoms with Gasteiger partial charge in [-0.3, -0.25) is 4.90 Å². The molecule has 2 aliphatic heterocycles. The maximum atomic E-state index is 10.6. The zero-order valence-corrected chi connectivity index (χ0v) is 19.5. The third-order valence-corrected chi connectivity index (χ3v) is 6.25. The lowest BCUT2D eigenvalue weighted by Gasteiger charge is -2.40. The van der Waals surface area contributed by atoms with Crippen LogP contribution in [0.5, 0.6) is 0 Å². The molecule has 3 heterocycles. The Morgan fingerprint density at radius 3 is 2.06 bits per heavy atom. The summed E-state index contributed by atoms with van der Waals surface area (Å²) in [5, 5.41) is 17.7. The van der Waals surface area contributed by atoms with Crippen LogP contribution in [-0.4, -0.2) is 94.7 Å². The van der Waals surface area contributed by atoms with Crippen molar-refractivity contribution >= 4 is 23.3 Å². The van der Waals surface area contributed by atoms with Gasteiger partial charge in [0.15, 0.2) is 0 Å². The fraction of sp³-hybridized carbons (Fsp3) is 0.737. The van der Waals surface area contributed by atoms with E-state index in [0.29, 0.717) is 18.1 Å². The molecule has 2 N–H and O–H groups in total. The van der Waals surface area contributed by atoms with Crippen LogP contribution in [-0.2, 0) is 20.9 Å². The molecular weight excluding hydrogens is 496 g/mol. The molecule has 0 aromatic carbocycles. The van der Waals surface area contributed by atoms with Crippen LogP contribution in [0, 0.1) is 12.8 Å². The van der Waals surface area contributed by atoms with E-state index in [1.165, 1.54) is 18.1 Å². The lowest BCUT2D eigenvalue weighted by molar-refractivity contribution is -0.193. The Bertz CT molecular complexity index is 780. The van der Waals surface area contributed by atoms with Crippen LogP contribution in [0.25, 0.3) is 0 Å². The van der Waals surface area contributed by atoms with Crippen molar-refractivity contribution in [3.05, 3.63) is 16.1 Å². The summed E-state index contributed by atoms with van der Waals surface area (Å²) >= 11 is 1.79. The maximum absolute atomic E-state index is 10.6. The van der Waals surface area contributed by atoms with E-state index >= 15 is 0 Å². The fourth-order valence-electron chi connectivity index (χ4n) is 3.72. The summed E-state index contributed by atoms with van der Waals surface area (Å²) in [5.41, 5.74) is 1.15. The molecule has 3 rings (SSSR count). The first-order valence-electron chi connectivity index (χ1n) is 10.1. The van der Waals surface area contributed by atoms with Gasteiger partial charge in [-0.15, -0.1) is 11.3 Å². The molecule has 0 spiro atoms. The van der Waals surface area contributed by atoms with Gasteiger partial charge in [-0.05, 0) is 19.9 Å². The van der Waals surface area contributed by atoms with Crippen molar-refractivity contribution in [1.29, 1.82) is 0 Å². The maximum Gasteiger partial charge on any atom is 0.490 e. The van der Waals surface area contributed by atoms with Crippen molar-refractivity contribution in [3.63, 3.8) is 0 Å². The molecule has 0 saturated carbocycles. The van der Waals surface area contributed by atoms with Gasteiger partial charge >= 0.3 is 24.3 Å². The highest BCUT2D eigenvalue weighted by atomic mass is 32.1. The van der Waals surface area contributed by atoms with E-state index < -0.39 is 24.3 Å². The van der Waals surface area contributed by atoms with E-state index in [2.05, 4.69) is 34.0 Å². The number of hydrogen-bond donors (Lipinski definition) is 2. The average molecular weight is 523 g/mol. The lowest BCUT2D eigenvalue weighted by atomic mass is 9.89. The van der Waals surface area contributed by atoms with Crippen LogP contribution >= 0.6 is 11.3 Å². The molecule has 2 aliphatic rings. The molecule has 196 valence electrons. The highest BCUT2D eigenvalue weighted by Gasteiger charge is 2.44. The Balaban J connectivity index is 0.000000343. The second-order valence-electron chi connectivity index (χ2n) is 7.61. The van der Waals surface area contributed by atoms with E-state index in [0.717, 1.165) is 31.7 Å². The number of aliphatic carboxylic acids is 2. The number of likely N-dealkylation sites (N-methyl/N-ethyl adjacent to an activating group) is 1. The van der Waals surface area contributed by atoms with E-state index in [-0.39, 0.29) is 0 Å². The van der Waals surface area contributed by atoms with Gasteiger partial charge in [0.25, 0.3) is 0 Å². The van der Waals surface area contributed by atoms with Gasteiger partial charge in [0, 0.05) is 49.8 Å². The lowest BCUT2D eigenvalue weighted by Crippen LogP contribution is -2.50. The Kier molecular flexibility index (Phi) is 11.2. The van der Waals surface area contributed by atoms with Crippen molar-refractivity contribution < 1.29 is 50.9 Å². The summed E-state index contributed by atoms with van der Waals surface area (Å²) in [6.07, 6.45) is -8.58. The molecule has 2 saturated heterocycles. The number of likely N-dealkylation sites (tertiary alicyclic amines) is 2. The first-order valence-corrected chi connectivity index (χ1v) is 11.0. The van der Waals surface area contributed by atoms with E-state index in [9.17, 15) is 26.3 Å². The zero-order chi connectivity index (χ0) is 26.3. The minimum Gasteiger partial charge on any atom is -0.475 e. The molecule has 3 atom stereocenters. The van der Waals surface area contributed by atoms with Crippen LogP contribution in [0.1, 0.15) is 24.0 Å². The second-order valence-corrected chi connectivity index (χ2v) is 8.55. The van der Waals surface area contributed by atoms with Crippen LogP contribution in [0.2, 0.25) is 0 Å². The summed E-state index contributed by atoms with van der Waals surface area (Å²) in [5.74, 6) is -4.85. The number of methoxy groups -OCH3 is 1. The number of carbonyl (C=O) groups is 2. The van der Waals surface area contributed by atoms with Crippen molar-refractivity contribution in [2.45, 2.75) is 51.3 Å². The number of carboxylic acids is 2. The molecule has 0 aliphatic carbocycles. The molecule has 1 aromatic heterocycles. The van der Waals surface area contributed by atoms with Gasteiger partial charge in [-0.1, -0.05) is 6.92 Å². The number of halogens is 6. The summed E-state index contributed by atoms with van der Waals surface area (Å²) in [4.78, 5) is 27.6. The van der Waals surface area contributed by atoms with E-state index in [4.69, 9.17) is 24.5 Å². The van der Waals surface area contributed by atoms with Crippen LogP contribution in [0.4, 0.5) is 26.3 Å². The van der Waals surface area contributed by atoms with Crippen LogP contribution in [0.3, 0.4) is 0 Å². The first-order chi connectivity index (χ1) is 15.6. The van der Waals surface area contributed by atoms with E-state index in [1.807, 2.05) is 7.11 Å². The number of aromatic nitrogens is 1. The number of rotatable bonds is 4. The van der Waals surface area contributed by atoms with Gasteiger partial charge in [0.2, 0.25) is 0 Å². The minimum atomic E-state index is -5.08. The Labute approximate surface area is 196 Å². The minimum absolute atomic E-state index is 0.436. The number of fused-ring (bicyclic) bond motifs is 1. The van der Waals surface area contributed by atoms with Crippen LogP contribution in [0.15, 0.2) is 5.38 Å². The van der Waals surface area contributed by atoms with Gasteiger partial charge in [0.1, 0.15) is 5.01 Å². The monoisotopic (exact) mass is 523 g/mol. The third-order valence-electron chi connectivity index (χ3n) is 5.30. The molecule has 8 nitrogen and oxygen atoms in total. The summed E-state index contributed by atoms with van der Waals surface area (Å²) < 4.78 is 69.2. The number of aryl methyl sites for hydroxylation is 1. The number of hydrogen-bond acceptors (Lipinski definition) is 7. The topological polar surface area (TPSA) is 103 Å². The number of alkyl halides is 6. The van der Waals surface area contributed by atoms with Crippen molar-refractivity contribution in [3.8, 4) is 0 Å². The second kappa shape index (κ2) is 12.7. The van der Waals surface area contributed by atoms with Gasteiger partial charge in [-0.25, -0.2) is 14.6 Å². The molecule has 0 radical (unpaired) electrons. The number of ether oxygens (including phenoxy) is 1. The molecule has 2 fully saturated rings. The Morgan fingerprint density at radius 1 is 1.15 bits per heavy atom. The SMILES string of the molecule is CCN1C[C@@H]2[C@@H](OC)CCN(Cc3nc(C)cs3)[C@@H]2C1.O=C(O)C(F)(F)F.O=C(O)C(F)(F)F. The summed E-state index contributed by atoms with van der Waals surface area (Å²) in [6, 6.07) is 0.637. The van der Waals surface area contributed by atoms with Crippen molar-refractivity contribution in [2.75, 3.05) is 33.3 Å². The third kappa shape index (κ3) is 9.35. The summed E-state index contributed by atoms with van der Waals surface area (Å²) in [7, 11) is 1.87. The standard InChI is InChI=1S/C15H25N3OS.2C2HF3O2/c1-4-17-7-12-13(8-17)18(6-5-14(12)19-3)9-15-16-11(2)10-20-15;2*3-2(4,5)1(6)7/h10,12-14H,4-9H2,1-3H3;2*(H,6,7)/t12-,13+,14-;;/m0../s1. The molecule has 1 aromatic rings. The number of nitrogens with zero attached hydrogens (tertiary/aromatic N) is 3. The number of piperidine rings is 1. The quantitative estimate of drug-likeness (QED) is 0.580.